The van der Waals surface area contributed by atoms with Crippen molar-refractivity contribution in [3.05, 3.63) is 94.9 Å². The highest BCUT2D eigenvalue weighted by molar-refractivity contribution is 7.92. The summed E-state index contributed by atoms with van der Waals surface area (Å²) in [5, 5.41) is 28.0. The molecule has 9 nitrogen and oxygen atoms in total. The van der Waals surface area contributed by atoms with Crippen molar-refractivity contribution in [2.45, 2.75) is 41.1 Å². The first-order valence-electron chi connectivity index (χ1n) is 13.1. The van der Waals surface area contributed by atoms with Gasteiger partial charge in [-0.2, -0.15) is 0 Å². The van der Waals surface area contributed by atoms with Crippen molar-refractivity contribution in [2.24, 2.45) is 11.8 Å². The largest absolute Gasteiger partial charge is 0.386 e. The van der Waals surface area contributed by atoms with Gasteiger partial charge in [0, 0.05) is 41.3 Å². The lowest BCUT2D eigenvalue weighted by Gasteiger charge is -2.59. The monoisotopic (exact) mass is 615 g/mol. The van der Waals surface area contributed by atoms with Gasteiger partial charge in [-0.1, -0.05) is 16.8 Å². The molecule has 13 heteroatoms. The predicted molar refractivity (Wildman–Crippen MR) is 147 cm³/mol. The molecule has 2 aromatic heterocycles. The Balaban J connectivity index is 1.19. The van der Waals surface area contributed by atoms with Gasteiger partial charge in [-0.05, 0) is 73.6 Å². The summed E-state index contributed by atoms with van der Waals surface area (Å²) >= 11 is 6.28. The highest BCUT2D eigenvalue weighted by Crippen LogP contribution is 2.60. The maximum Gasteiger partial charge on any atom is 0.255 e. The second-order valence-electron chi connectivity index (χ2n) is 10.6. The number of pyridine rings is 1. The SMILES string of the molecule is O=C(Nc1ccc(F)c(F)c1)c1ccc(Cl)c(S(=O)(=O)C2CC3CC(C2)C3(O)C(O)c2cc(-c3cccnc3)on2)c1. The molecule has 2 heterocycles. The van der Waals surface area contributed by atoms with E-state index in [0.717, 1.165) is 18.2 Å². The average Bonchev–Trinajstić information content (AvgIpc) is 3.49. The second-order valence-corrected chi connectivity index (χ2v) is 13.2. The van der Waals surface area contributed by atoms with E-state index < -0.39 is 56.2 Å². The molecule has 4 aromatic rings. The molecule has 0 aliphatic heterocycles. The van der Waals surface area contributed by atoms with Crippen LogP contribution in [0.5, 0.6) is 0 Å². The molecule has 3 aliphatic rings. The summed E-state index contributed by atoms with van der Waals surface area (Å²) in [6.07, 6.45) is 2.42. The van der Waals surface area contributed by atoms with Crippen LogP contribution in [0.3, 0.4) is 0 Å². The van der Waals surface area contributed by atoms with E-state index in [9.17, 15) is 32.2 Å². The van der Waals surface area contributed by atoms with E-state index in [2.05, 4.69) is 15.5 Å². The average molecular weight is 616 g/mol. The molecular formula is C29H24ClF2N3O6S. The molecule has 0 radical (unpaired) electrons. The summed E-state index contributed by atoms with van der Waals surface area (Å²) < 4.78 is 59.6. The number of aliphatic hydroxyl groups is 2. The van der Waals surface area contributed by atoms with E-state index in [1.807, 2.05) is 0 Å². The molecule has 7 rings (SSSR count). The van der Waals surface area contributed by atoms with Gasteiger partial charge < -0.3 is 20.1 Å². The molecule has 0 saturated heterocycles. The van der Waals surface area contributed by atoms with Crippen molar-refractivity contribution in [3.8, 4) is 11.3 Å². The fourth-order valence-corrected chi connectivity index (χ4v) is 8.41. The van der Waals surface area contributed by atoms with E-state index in [4.69, 9.17) is 16.1 Å². The zero-order valence-corrected chi connectivity index (χ0v) is 23.3. The highest BCUT2D eigenvalue weighted by Gasteiger charge is 2.64. The number of hydrogen-bond donors (Lipinski definition) is 3. The van der Waals surface area contributed by atoms with E-state index in [0.29, 0.717) is 17.7 Å². The van der Waals surface area contributed by atoms with E-state index in [1.165, 1.54) is 24.3 Å². The lowest BCUT2D eigenvalue weighted by atomic mass is 9.51. The van der Waals surface area contributed by atoms with Crippen LogP contribution in [0, 0.1) is 23.5 Å². The summed E-state index contributed by atoms with van der Waals surface area (Å²) in [4.78, 5) is 16.6. The van der Waals surface area contributed by atoms with E-state index in [1.54, 1.807) is 24.5 Å². The van der Waals surface area contributed by atoms with Gasteiger partial charge in [0.1, 0.15) is 17.4 Å². The lowest BCUT2D eigenvalue weighted by Crippen LogP contribution is -2.64. The van der Waals surface area contributed by atoms with Gasteiger partial charge in [-0.15, -0.1) is 0 Å². The first-order valence-corrected chi connectivity index (χ1v) is 15.0. The van der Waals surface area contributed by atoms with Crippen LogP contribution in [0.2, 0.25) is 5.02 Å². The Labute approximate surface area is 244 Å². The Kier molecular flexibility index (Phi) is 7.12. The van der Waals surface area contributed by atoms with Gasteiger partial charge in [0.05, 0.1) is 15.2 Å². The molecule has 3 fully saturated rings. The zero-order chi connectivity index (χ0) is 29.8. The van der Waals surface area contributed by atoms with Gasteiger partial charge in [0.15, 0.2) is 27.2 Å². The normalized spacial score (nSPS) is 24.1. The van der Waals surface area contributed by atoms with Crippen molar-refractivity contribution < 1.29 is 36.7 Å². The van der Waals surface area contributed by atoms with Gasteiger partial charge in [0.2, 0.25) is 0 Å². The maximum atomic E-state index is 13.7. The number of carbonyl (C=O) groups is 1. The highest BCUT2D eigenvalue weighted by atomic mass is 35.5. The summed E-state index contributed by atoms with van der Waals surface area (Å²) in [5.74, 6) is -3.67. The van der Waals surface area contributed by atoms with E-state index in [-0.39, 0.29) is 39.7 Å². The predicted octanol–water partition coefficient (Wildman–Crippen LogP) is 4.96. The molecular weight excluding hydrogens is 592 g/mol. The minimum atomic E-state index is -4.06. The number of anilines is 1. The number of nitrogens with one attached hydrogen (secondary N) is 1. The molecule has 3 N–H and O–H groups in total. The van der Waals surface area contributed by atoms with Crippen molar-refractivity contribution in [2.75, 3.05) is 5.32 Å². The quantitative estimate of drug-likeness (QED) is 0.265. The van der Waals surface area contributed by atoms with Crippen LogP contribution in [0.1, 0.15) is 41.4 Å². The standard InChI is InChI=1S/C29H24ClF2N3O6S/c30-21-5-3-15(28(37)34-19-4-6-22(31)23(32)12-19)8-26(21)42(39,40)20-10-17-9-18(11-20)29(17,38)27(36)24-13-25(41-35-24)16-2-1-7-33-14-16/h1-8,12-14,17-18,20,27,36,38H,9-11H2,(H,34,37). The number of aromatic nitrogens is 2. The number of fused-ring (bicyclic) bond motifs is 2. The van der Waals surface area contributed by atoms with Gasteiger partial charge in [0.25, 0.3) is 5.91 Å². The topological polar surface area (TPSA) is 143 Å². The van der Waals surface area contributed by atoms with Gasteiger partial charge >= 0.3 is 0 Å². The van der Waals surface area contributed by atoms with Crippen molar-refractivity contribution >= 4 is 33.0 Å². The Morgan fingerprint density at radius 2 is 1.83 bits per heavy atom. The fourth-order valence-electron chi connectivity index (χ4n) is 6.01. The van der Waals surface area contributed by atoms with Crippen molar-refractivity contribution in [3.63, 3.8) is 0 Å². The number of sulfone groups is 1. The molecule has 1 amide bonds. The van der Waals surface area contributed by atoms with Crippen LogP contribution < -0.4 is 5.32 Å². The molecule has 3 unspecified atom stereocenters. The molecule has 3 saturated carbocycles. The van der Waals surface area contributed by atoms with Gasteiger partial charge in [-0.25, -0.2) is 17.2 Å². The molecule has 0 spiro atoms. The van der Waals surface area contributed by atoms with Crippen LogP contribution >= 0.6 is 11.6 Å². The number of hydrogen-bond acceptors (Lipinski definition) is 8. The zero-order valence-electron chi connectivity index (χ0n) is 21.7. The van der Waals surface area contributed by atoms with Crippen molar-refractivity contribution in [1.29, 1.82) is 0 Å². The second kappa shape index (κ2) is 10.5. The van der Waals surface area contributed by atoms with Crippen LogP contribution in [0.4, 0.5) is 14.5 Å². The Morgan fingerprint density at radius 1 is 1.07 bits per heavy atom. The lowest BCUT2D eigenvalue weighted by molar-refractivity contribution is -0.235. The first kappa shape index (κ1) is 28.4. The summed E-state index contributed by atoms with van der Waals surface area (Å²) in [7, 11) is -4.06. The van der Waals surface area contributed by atoms with Crippen LogP contribution in [0.25, 0.3) is 11.3 Å². The van der Waals surface area contributed by atoms with Gasteiger partial charge in [-0.3, -0.25) is 9.78 Å². The molecule has 218 valence electrons. The number of halogens is 3. The number of benzene rings is 2. The number of amides is 1. The third-order valence-corrected chi connectivity index (χ3v) is 10.9. The van der Waals surface area contributed by atoms with E-state index >= 15 is 0 Å². The number of nitrogens with zero attached hydrogens (tertiary/aromatic N) is 2. The Bertz CT molecular complexity index is 1770. The number of carbonyl (C=O) groups excluding carboxylic acids is 1. The van der Waals surface area contributed by atoms with Crippen LogP contribution in [-0.4, -0.2) is 45.5 Å². The molecule has 2 bridgehead atoms. The molecule has 42 heavy (non-hydrogen) atoms. The molecule has 3 atom stereocenters. The summed E-state index contributed by atoms with van der Waals surface area (Å²) in [5.41, 5.74) is -0.872. The minimum absolute atomic E-state index is 0.0110. The summed E-state index contributed by atoms with van der Waals surface area (Å²) in [6.45, 7) is 0. The minimum Gasteiger partial charge on any atom is -0.386 e. The first-order chi connectivity index (χ1) is 20.0. The smallest absolute Gasteiger partial charge is 0.255 e. The number of aliphatic hydroxyl groups excluding tert-OH is 1. The Hall–Kier alpha value is -3.71. The van der Waals surface area contributed by atoms with Crippen LogP contribution in [-0.2, 0) is 9.84 Å². The Morgan fingerprint density at radius 3 is 2.52 bits per heavy atom. The third kappa shape index (κ3) is 4.77. The molecule has 3 aliphatic carbocycles. The molecule has 2 aromatic carbocycles. The summed E-state index contributed by atoms with van der Waals surface area (Å²) in [6, 6.07) is 11.6. The van der Waals surface area contributed by atoms with Crippen molar-refractivity contribution in [1.82, 2.24) is 10.1 Å². The fraction of sp³-hybridized carbons (Fsp3) is 0.276. The maximum absolute atomic E-state index is 13.7. The van der Waals surface area contributed by atoms with Crippen LogP contribution in [0.15, 0.2) is 76.4 Å². The third-order valence-electron chi connectivity index (χ3n) is 8.28. The number of rotatable bonds is 7.